The number of hydrogen-bond donors (Lipinski definition) is 3. The van der Waals surface area contributed by atoms with Crippen LogP contribution in [0.5, 0.6) is 0 Å². The van der Waals surface area contributed by atoms with E-state index < -0.39 is 5.66 Å². The number of hydrogen-bond acceptors (Lipinski definition) is 3. The molecule has 0 spiro atoms. The molecule has 0 aliphatic heterocycles. The molecular formula is C17H29N3O3. The molecule has 0 saturated heterocycles. The van der Waals surface area contributed by atoms with Gasteiger partial charge in [-0.3, -0.25) is 14.4 Å². The number of nitrogens with one attached hydrogen (secondary N) is 3. The molecule has 130 valence electrons. The van der Waals surface area contributed by atoms with Crippen LogP contribution in [0.1, 0.15) is 48.0 Å². The molecule has 0 radical (unpaired) electrons. The molecule has 2 aliphatic rings. The third-order valence-corrected chi connectivity index (χ3v) is 6.23. The molecule has 3 N–H and O–H groups in total. The predicted octanol–water partition coefficient (Wildman–Crippen LogP) is 1.02. The minimum absolute atomic E-state index is 0.0181. The molecule has 4 atom stereocenters. The van der Waals surface area contributed by atoms with E-state index in [0.717, 1.165) is 6.42 Å². The van der Waals surface area contributed by atoms with E-state index in [9.17, 15) is 14.4 Å². The van der Waals surface area contributed by atoms with Crippen molar-refractivity contribution in [1.29, 1.82) is 0 Å². The average Bonchev–Trinajstić information content (AvgIpc) is 2.79. The van der Waals surface area contributed by atoms with Gasteiger partial charge in [0.1, 0.15) is 5.66 Å². The highest BCUT2D eigenvalue weighted by Gasteiger charge is 2.67. The lowest BCUT2D eigenvalue weighted by molar-refractivity contribution is -0.131. The summed E-state index contributed by atoms with van der Waals surface area (Å²) < 4.78 is 0. The SMILES string of the molecule is CC(=O)NCC1C2CC(C(C)C2(C)C)C1(NC(C)=O)NC(C)=O. The third kappa shape index (κ3) is 2.83. The fourth-order valence-electron chi connectivity index (χ4n) is 5.03. The summed E-state index contributed by atoms with van der Waals surface area (Å²) in [6.45, 7) is 11.6. The molecule has 3 amide bonds. The number of rotatable bonds is 4. The van der Waals surface area contributed by atoms with E-state index in [2.05, 4.69) is 36.7 Å². The Morgan fingerprint density at radius 1 is 0.957 bits per heavy atom. The molecule has 6 heteroatoms. The summed E-state index contributed by atoms with van der Waals surface area (Å²) in [6.07, 6.45) is 0.943. The molecule has 4 unspecified atom stereocenters. The van der Waals surface area contributed by atoms with Crippen molar-refractivity contribution in [3.05, 3.63) is 0 Å². The van der Waals surface area contributed by atoms with E-state index in [1.807, 2.05) is 0 Å². The van der Waals surface area contributed by atoms with Gasteiger partial charge in [0.15, 0.2) is 0 Å². The quantitative estimate of drug-likeness (QED) is 0.675. The van der Waals surface area contributed by atoms with Crippen molar-refractivity contribution in [2.45, 2.75) is 53.6 Å². The maximum Gasteiger partial charge on any atom is 0.218 e. The predicted molar refractivity (Wildman–Crippen MR) is 87.1 cm³/mol. The summed E-state index contributed by atoms with van der Waals surface area (Å²) >= 11 is 0. The molecular weight excluding hydrogens is 294 g/mol. The lowest BCUT2D eigenvalue weighted by Crippen LogP contribution is -2.71. The highest BCUT2D eigenvalue weighted by atomic mass is 16.2. The normalized spacial score (nSPS) is 33.1. The van der Waals surface area contributed by atoms with Gasteiger partial charge < -0.3 is 16.0 Å². The second kappa shape index (κ2) is 5.80. The summed E-state index contributed by atoms with van der Waals surface area (Å²) in [5.74, 6) is 0.406. The number of fused-ring (bicyclic) bond motifs is 2. The summed E-state index contributed by atoms with van der Waals surface area (Å²) in [7, 11) is 0. The van der Waals surface area contributed by atoms with Gasteiger partial charge in [-0.2, -0.15) is 0 Å². The zero-order valence-electron chi connectivity index (χ0n) is 14.9. The first-order chi connectivity index (χ1) is 10.5. The van der Waals surface area contributed by atoms with E-state index in [1.54, 1.807) is 0 Å². The van der Waals surface area contributed by atoms with E-state index in [0.29, 0.717) is 18.4 Å². The van der Waals surface area contributed by atoms with E-state index in [1.165, 1.54) is 20.8 Å². The third-order valence-electron chi connectivity index (χ3n) is 6.23. The Morgan fingerprint density at radius 3 is 1.91 bits per heavy atom. The first-order valence-corrected chi connectivity index (χ1v) is 8.34. The van der Waals surface area contributed by atoms with Gasteiger partial charge in [0, 0.05) is 39.2 Å². The van der Waals surface area contributed by atoms with E-state index >= 15 is 0 Å². The lowest BCUT2D eigenvalue weighted by atomic mass is 9.61. The van der Waals surface area contributed by atoms with Crippen LogP contribution in [0.15, 0.2) is 0 Å². The van der Waals surface area contributed by atoms with E-state index in [-0.39, 0.29) is 35.0 Å². The summed E-state index contributed by atoms with van der Waals surface area (Å²) in [4.78, 5) is 35.1. The van der Waals surface area contributed by atoms with Crippen LogP contribution in [-0.2, 0) is 14.4 Å². The van der Waals surface area contributed by atoms with Crippen molar-refractivity contribution < 1.29 is 14.4 Å². The standard InChI is InChI=1S/C17H29N3O3/c1-9-13-7-14(16(9,5)6)15(8-18-10(2)21)17(13,19-11(3)22)20-12(4)23/h9,13-15H,7-8H2,1-6H3,(H,18,21)(H,19,22)(H,20,23). The topological polar surface area (TPSA) is 87.3 Å². The Morgan fingerprint density at radius 2 is 1.48 bits per heavy atom. The zero-order chi connectivity index (χ0) is 17.6. The largest absolute Gasteiger partial charge is 0.356 e. The number of amides is 3. The van der Waals surface area contributed by atoms with Crippen LogP contribution in [0.2, 0.25) is 0 Å². The van der Waals surface area contributed by atoms with E-state index in [4.69, 9.17) is 0 Å². The second-order valence-electron chi connectivity index (χ2n) is 7.83. The fourth-order valence-corrected chi connectivity index (χ4v) is 5.03. The second-order valence-corrected chi connectivity index (χ2v) is 7.83. The van der Waals surface area contributed by atoms with Gasteiger partial charge in [-0.15, -0.1) is 0 Å². The van der Waals surface area contributed by atoms with Crippen LogP contribution in [0.25, 0.3) is 0 Å². The van der Waals surface area contributed by atoms with Crippen LogP contribution in [0.4, 0.5) is 0 Å². The van der Waals surface area contributed by atoms with Crippen molar-refractivity contribution in [3.8, 4) is 0 Å². The molecule has 23 heavy (non-hydrogen) atoms. The van der Waals surface area contributed by atoms with Gasteiger partial charge in [-0.05, 0) is 23.7 Å². The Labute approximate surface area is 138 Å². The van der Waals surface area contributed by atoms with Crippen LogP contribution >= 0.6 is 0 Å². The first-order valence-electron chi connectivity index (χ1n) is 8.34. The summed E-state index contributed by atoms with van der Waals surface area (Å²) in [6, 6.07) is 0. The summed E-state index contributed by atoms with van der Waals surface area (Å²) in [5, 5.41) is 8.96. The molecule has 2 saturated carbocycles. The van der Waals surface area contributed by atoms with Crippen LogP contribution < -0.4 is 16.0 Å². The molecule has 2 bridgehead atoms. The van der Waals surface area contributed by atoms with Crippen molar-refractivity contribution in [2.24, 2.45) is 29.1 Å². The van der Waals surface area contributed by atoms with Gasteiger partial charge in [-0.25, -0.2) is 0 Å². The van der Waals surface area contributed by atoms with Gasteiger partial charge in [0.05, 0.1) is 0 Å². The lowest BCUT2D eigenvalue weighted by Gasteiger charge is -2.52. The van der Waals surface area contributed by atoms with Crippen LogP contribution in [0.3, 0.4) is 0 Å². The maximum atomic E-state index is 11.9. The molecule has 6 nitrogen and oxygen atoms in total. The molecule has 0 aromatic rings. The maximum absolute atomic E-state index is 11.9. The smallest absolute Gasteiger partial charge is 0.218 e. The molecule has 0 aromatic heterocycles. The van der Waals surface area contributed by atoms with Crippen molar-refractivity contribution >= 4 is 17.7 Å². The highest BCUT2D eigenvalue weighted by molar-refractivity contribution is 5.78. The fraction of sp³-hybridized carbons (Fsp3) is 0.824. The van der Waals surface area contributed by atoms with Crippen LogP contribution in [0, 0.1) is 29.1 Å². The van der Waals surface area contributed by atoms with Crippen molar-refractivity contribution in [1.82, 2.24) is 16.0 Å². The van der Waals surface area contributed by atoms with Gasteiger partial charge in [-0.1, -0.05) is 20.8 Å². The van der Waals surface area contributed by atoms with Gasteiger partial charge in [0.25, 0.3) is 0 Å². The van der Waals surface area contributed by atoms with Crippen molar-refractivity contribution in [2.75, 3.05) is 6.54 Å². The molecule has 2 fully saturated rings. The minimum Gasteiger partial charge on any atom is -0.356 e. The molecule has 2 aliphatic carbocycles. The molecule has 0 heterocycles. The average molecular weight is 323 g/mol. The van der Waals surface area contributed by atoms with Gasteiger partial charge >= 0.3 is 0 Å². The Hall–Kier alpha value is -1.59. The van der Waals surface area contributed by atoms with Crippen LogP contribution in [-0.4, -0.2) is 29.9 Å². The zero-order valence-corrected chi connectivity index (χ0v) is 14.9. The number of carbonyl (C=O) groups excluding carboxylic acids is 3. The van der Waals surface area contributed by atoms with Gasteiger partial charge in [0.2, 0.25) is 17.7 Å². The Bertz CT molecular complexity index is 513. The Kier molecular flexibility index (Phi) is 4.48. The number of carbonyl (C=O) groups is 3. The Balaban J connectivity index is 2.44. The molecule has 2 rings (SSSR count). The summed E-state index contributed by atoms with van der Waals surface area (Å²) in [5.41, 5.74) is -0.673. The molecule has 0 aromatic carbocycles. The first kappa shape index (κ1) is 17.8. The highest BCUT2D eigenvalue weighted by Crippen LogP contribution is 2.64. The van der Waals surface area contributed by atoms with Crippen molar-refractivity contribution in [3.63, 3.8) is 0 Å². The minimum atomic E-state index is -0.778. The monoisotopic (exact) mass is 323 g/mol.